The summed E-state index contributed by atoms with van der Waals surface area (Å²) in [7, 11) is 1.72. The fraction of sp³-hybridized carbons (Fsp3) is 0.333. The molecule has 3 heterocycles. The van der Waals surface area contributed by atoms with Crippen LogP contribution < -0.4 is 10.9 Å². The minimum absolute atomic E-state index is 0.0618. The lowest BCUT2D eigenvalue weighted by molar-refractivity contribution is -0.135. The topological polar surface area (TPSA) is 85.0 Å². The van der Waals surface area contributed by atoms with Gasteiger partial charge in [0, 0.05) is 31.7 Å². The third kappa shape index (κ3) is 3.33. The maximum Gasteiger partial charge on any atom is 0.264 e. The van der Waals surface area contributed by atoms with Crippen molar-refractivity contribution in [1.82, 2.24) is 29.5 Å². The lowest BCUT2D eigenvalue weighted by Crippen LogP contribution is -2.50. The van der Waals surface area contributed by atoms with Crippen molar-refractivity contribution in [3.05, 3.63) is 57.7 Å². The number of nitrogens with one attached hydrogen (secondary N) is 1. The average molecular weight is 387 g/mol. The van der Waals surface area contributed by atoms with Gasteiger partial charge in [-0.2, -0.15) is 5.10 Å². The van der Waals surface area contributed by atoms with E-state index in [4.69, 9.17) is 11.6 Å². The summed E-state index contributed by atoms with van der Waals surface area (Å²) in [6.07, 6.45) is 2.88. The van der Waals surface area contributed by atoms with Gasteiger partial charge in [-0.25, -0.2) is 4.98 Å². The van der Waals surface area contributed by atoms with Crippen molar-refractivity contribution in [1.29, 1.82) is 0 Å². The molecular weight excluding hydrogens is 368 g/mol. The van der Waals surface area contributed by atoms with Crippen molar-refractivity contribution in [2.75, 3.05) is 19.6 Å². The van der Waals surface area contributed by atoms with Gasteiger partial charge in [-0.05, 0) is 17.7 Å². The highest BCUT2D eigenvalue weighted by atomic mass is 35.5. The highest BCUT2D eigenvalue weighted by Crippen LogP contribution is 2.25. The quantitative estimate of drug-likeness (QED) is 0.724. The number of hydrogen-bond donors (Lipinski definition) is 1. The summed E-state index contributed by atoms with van der Waals surface area (Å²) >= 11 is 6.11. The summed E-state index contributed by atoms with van der Waals surface area (Å²) < 4.78 is 2.87. The van der Waals surface area contributed by atoms with E-state index in [1.54, 1.807) is 11.9 Å². The predicted octanol–water partition coefficient (Wildman–Crippen LogP) is 0.956. The van der Waals surface area contributed by atoms with E-state index in [0.717, 1.165) is 5.56 Å². The van der Waals surface area contributed by atoms with Crippen LogP contribution in [-0.2, 0) is 18.4 Å². The number of rotatable bonds is 3. The number of benzene rings is 1. The van der Waals surface area contributed by atoms with Crippen LogP contribution in [0.1, 0.15) is 11.6 Å². The Bertz CT molecular complexity index is 1060. The number of halogens is 1. The van der Waals surface area contributed by atoms with Crippen LogP contribution in [0.2, 0.25) is 5.02 Å². The molecule has 4 rings (SSSR count). The summed E-state index contributed by atoms with van der Waals surface area (Å²) in [5.74, 6) is -0.131. The first kappa shape index (κ1) is 17.7. The SMILES string of the molecule is Cn1ncc2c(=O)n(CC(=O)N3CCNCC3c3cccc(Cl)c3)cnc21. The smallest absolute Gasteiger partial charge is 0.264 e. The highest BCUT2D eigenvalue weighted by Gasteiger charge is 2.28. The third-order valence-electron chi connectivity index (χ3n) is 4.82. The van der Waals surface area contributed by atoms with Crippen LogP contribution in [0.5, 0.6) is 0 Å². The van der Waals surface area contributed by atoms with Crippen LogP contribution in [0, 0.1) is 0 Å². The van der Waals surface area contributed by atoms with E-state index in [9.17, 15) is 9.59 Å². The monoisotopic (exact) mass is 386 g/mol. The minimum Gasteiger partial charge on any atom is -0.332 e. The zero-order valence-corrected chi connectivity index (χ0v) is 15.6. The van der Waals surface area contributed by atoms with Crippen LogP contribution in [-0.4, -0.2) is 49.8 Å². The van der Waals surface area contributed by atoms with E-state index in [2.05, 4.69) is 15.4 Å². The predicted molar refractivity (Wildman–Crippen MR) is 102 cm³/mol. The summed E-state index contributed by atoms with van der Waals surface area (Å²) in [5, 5.41) is 8.40. The van der Waals surface area contributed by atoms with Crippen molar-refractivity contribution in [2.24, 2.45) is 7.05 Å². The van der Waals surface area contributed by atoms with Crippen LogP contribution >= 0.6 is 11.6 Å². The number of hydrogen-bond acceptors (Lipinski definition) is 5. The average Bonchev–Trinajstić information content (AvgIpc) is 3.05. The van der Waals surface area contributed by atoms with Gasteiger partial charge in [-0.15, -0.1) is 0 Å². The Morgan fingerprint density at radius 1 is 1.41 bits per heavy atom. The normalized spacial score (nSPS) is 17.4. The zero-order chi connectivity index (χ0) is 19.0. The molecule has 2 aromatic heterocycles. The summed E-state index contributed by atoms with van der Waals surface area (Å²) in [6.45, 7) is 1.85. The molecule has 1 fully saturated rings. The maximum atomic E-state index is 13.0. The molecule has 0 radical (unpaired) electrons. The molecule has 9 heteroatoms. The molecule has 140 valence electrons. The van der Waals surface area contributed by atoms with Gasteiger partial charge < -0.3 is 10.2 Å². The highest BCUT2D eigenvalue weighted by molar-refractivity contribution is 6.30. The second-order valence-corrected chi connectivity index (χ2v) is 6.98. The van der Waals surface area contributed by atoms with Gasteiger partial charge in [0.15, 0.2) is 5.65 Å². The molecule has 0 bridgehead atoms. The standard InChI is InChI=1S/C18H19ClN6O2/c1-23-17-14(8-22-23)18(27)24(11-21-17)10-16(26)25-6-5-20-9-15(25)12-3-2-4-13(19)7-12/h2-4,7-8,11,15,20H,5-6,9-10H2,1H3. The molecule has 1 amide bonds. The molecule has 27 heavy (non-hydrogen) atoms. The zero-order valence-electron chi connectivity index (χ0n) is 14.8. The number of carbonyl (C=O) groups excluding carboxylic acids is 1. The number of piperazine rings is 1. The Morgan fingerprint density at radius 3 is 3.07 bits per heavy atom. The molecule has 1 aromatic carbocycles. The molecule has 1 aliphatic rings. The summed E-state index contributed by atoms with van der Waals surface area (Å²) in [5.41, 5.74) is 1.20. The molecular formula is C18H19ClN6O2. The second kappa shape index (κ2) is 7.13. The lowest BCUT2D eigenvalue weighted by Gasteiger charge is -2.36. The van der Waals surface area contributed by atoms with E-state index in [1.807, 2.05) is 24.3 Å². The number of nitrogens with zero attached hydrogens (tertiary/aromatic N) is 5. The Kier molecular flexibility index (Phi) is 4.67. The fourth-order valence-corrected chi connectivity index (χ4v) is 3.63. The molecule has 1 unspecified atom stereocenters. The van der Waals surface area contributed by atoms with Gasteiger partial charge in [0.1, 0.15) is 18.3 Å². The molecule has 1 aliphatic heterocycles. The lowest BCUT2D eigenvalue weighted by atomic mass is 10.0. The first-order valence-electron chi connectivity index (χ1n) is 8.67. The van der Waals surface area contributed by atoms with Gasteiger partial charge >= 0.3 is 0 Å². The van der Waals surface area contributed by atoms with Crippen LogP contribution in [0.25, 0.3) is 11.0 Å². The van der Waals surface area contributed by atoms with Crippen molar-refractivity contribution in [3.63, 3.8) is 0 Å². The van der Waals surface area contributed by atoms with E-state index in [1.165, 1.54) is 21.8 Å². The number of aryl methyl sites for hydroxylation is 1. The Labute approximate surface area is 160 Å². The van der Waals surface area contributed by atoms with Crippen LogP contribution in [0.3, 0.4) is 0 Å². The van der Waals surface area contributed by atoms with Crippen LogP contribution in [0.15, 0.2) is 41.6 Å². The molecule has 1 saturated heterocycles. The molecule has 0 spiro atoms. The number of fused-ring (bicyclic) bond motifs is 1. The maximum absolute atomic E-state index is 13.0. The van der Waals surface area contributed by atoms with E-state index in [-0.39, 0.29) is 24.1 Å². The van der Waals surface area contributed by atoms with Crippen LogP contribution in [0.4, 0.5) is 0 Å². The van der Waals surface area contributed by atoms with Crippen molar-refractivity contribution in [2.45, 2.75) is 12.6 Å². The number of aromatic nitrogens is 4. The largest absolute Gasteiger partial charge is 0.332 e. The third-order valence-corrected chi connectivity index (χ3v) is 5.06. The second-order valence-electron chi connectivity index (χ2n) is 6.55. The van der Waals surface area contributed by atoms with Crippen molar-refractivity contribution < 1.29 is 4.79 Å². The first-order valence-corrected chi connectivity index (χ1v) is 9.05. The van der Waals surface area contributed by atoms with Crippen molar-refractivity contribution >= 4 is 28.5 Å². The van der Waals surface area contributed by atoms with E-state index >= 15 is 0 Å². The van der Waals surface area contributed by atoms with Gasteiger partial charge in [-0.3, -0.25) is 18.8 Å². The van der Waals surface area contributed by atoms with E-state index in [0.29, 0.717) is 35.7 Å². The van der Waals surface area contributed by atoms with Gasteiger partial charge in [-0.1, -0.05) is 23.7 Å². The molecule has 0 saturated carbocycles. The Balaban J connectivity index is 1.61. The number of carbonyl (C=O) groups is 1. The van der Waals surface area contributed by atoms with Gasteiger partial charge in [0.05, 0.1) is 12.2 Å². The summed E-state index contributed by atoms with van der Waals surface area (Å²) in [6, 6.07) is 7.38. The molecule has 1 atom stereocenters. The minimum atomic E-state index is -0.268. The summed E-state index contributed by atoms with van der Waals surface area (Å²) in [4.78, 5) is 31.7. The first-order chi connectivity index (χ1) is 13.0. The van der Waals surface area contributed by atoms with Gasteiger partial charge in [0.2, 0.25) is 5.91 Å². The van der Waals surface area contributed by atoms with Crippen molar-refractivity contribution in [3.8, 4) is 0 Å². The molecule has 1 N–H and O–H groups in total. The fourth-order valence-electron chi connectivity index (χ4n) is 3.43. The van der Waals surface area contributed by atoms with Gasteiger partial charge in [0.25, 0.3) is 5.56 Å². The van der Waals surface area contributed by atoms with E-state index < -0.39 is 0 Å². The molecule has 8 nitrogen and oxygen atoms in total. The Morgan fingerprint density at radius 2 is 2.26 bits per heavy atom. The Hall–Kier alpha value is -2.71. The molecule has 0 aliphatic carbocycles. The molecule has 3 aromatic rings. The number of amides is 1.